The van der Waals surface area contributed by atoms with Crippen LogP contribution in [-0.2, 0) is 11.2 Å². The number of phenolic OH excluding ortho intramolecular Hbond substituents is 1. The minimum atomic E-state index is -2.86. The van der Waals surface area contributed by atoms with Gasteiger partial charge in [-0.25, -0.2) is 0 Å². The number of aliphatic carboxylic acids is 1. The standard InChI is InChI=1S/C15H20O4/c1-9-10(2)14-11(8-12(9)16)4-6-15(3,19-14)7-5-13(17)18/h8,16H,4-7H2,1-3H3,(H,17,18)/i3D3,7D2. The fraction of sp³-hybridized carbons (Fsp3) is 0.533. The van der Waals surface area contributed by atoms with Crippen molar-refractivity contribution in [3.63, 3.8) is 0 Å². The number of fused-ring (bicyclic) bond motifs is 1. The predicted molar refractivity (Wildman–Crippen MR) is 71.8 cm³/mol. The molecule has 1 unspecified atom stereocenters. The number of benzene rings is 1. The number of phenols is 1. The van der Waals surface area contributed by atoms with Crippen LogP contribution in [0, 0.1) is 13.8 Å². The molecular formula is C15H20O4. The van der Waals surface area contributed by atoms with E-state index in [1.807, 2.05) is 0 Å². The third-order valence-electron chi connectivity index (χ3n) is 3.44. The molecule has 0 aliphatic carbocycles. The zero-order chi connectivity index (χ0) is 18.5. The minimum Gasteiger partial charge on any atom is -0.508 e. The number of carboxylic acid groups (broad SMARTS) is 1. The summed E-state index contributed by atoms with van der Waals surface area (Å²) in [4.78, 5) is 11.0. The molecule has 1 atom stereocenters. The van der Waals surface area contributed by atoms with Crippen LogP contribution in [0.25, 0.3) is 0 Å². The lowest BCUT2D eigenvalue weighted by molar-refractivity contribution is -0.138. The molecule has 0 radical (unpaired) electrons. The van der Waals surface area contributed by atoms with Gasteiger partial charge in [-0.05, 0) is 62.7 Å². The molecule has 1 aromatic carbocycles. The van der Waals surface area contributed by atoms with E-state index >= 15 is 0 Å². The fourth-order valence-corrected chi connectivity index (χ4v) is 2.15. The summed E-state index contributed by atoms with van der Waals surface area (Å²) in [6.45, 7) is 0.434. The van der Waals surface area contributed by atoms with Crippen LogP contribution >= 0.6 is 0 Å². The second-order valence-corrected chi connectivity index (χ2v) is 4.81. The van der Waals surface area contributed by atoms with E-state index in [1.54, 1.807) is 13.8 Å². The third-order valence-corrected chi connectivity index (χ3v) is 3.44. The van der Waals surface area contributed by atoms with Gasteiger partial charge < -0.3 is 14.9 Å². The maximum absolute atomic E-state index is 11.0. The summed E-state index contributed by atoms with van der Waals surface area (Å²) < 4.78 is 45.4. The fourth-order valence-electron chi connectivity index (χ4n) is 2.15. The first-order valence-electron chi connectivity index (χ1n) is 8.55. The Labute approximate surface area is 120 Å². The molecule has 1 aromatic rings. The minimum absolute atomic E-state index is 0.0600. The highest BCUT2D eigenvalue weighted by atomic mass is 16.5. The predicted octanol–water partition coefficient (Wildman–Crippen LogP) is 2.96. The summed E-state index contributed by atoms with van der Waals surface area (Å²) in [5.74, 6) is -1.16. The zero-order valence-corrected chi connectivity index (χ0v) is 10.9. The molecule has 104 valence electrons. The summed E-state index contributed by atoms with van der Waals surface area (Å²) >= 11 is 0. The molecule has 0 fully saturated rings. The average molecular weight is 269 g/mol. The maximum Gasteiger partial charge on any atom is 0.303 e. The first-order chi connectivity index (χ1) is 10.8. The number of aromatic hydroxyl groups is 1. The zero-order valence-electron chi connectivity index (χ0n) is 15.9. The average Bonchev–Trinajstić information content (AvgIpc) is 2.42. The molecule has 19 heavy (non-hydrogen) atoms. The van der Waals surface area contributed by atoms with Crippen molar-refractivity contribution in [1.82, 2.24) is 0 Å². The Morgan fingerprint density at radius 2 is 2.32 bits per heavy atom. The monoisotopic (exact) mass is 269 g/mol. The Bertz CT molecular complexity index is 683. The van der Waals surface area contributed by atoms with Gasteiger partial charge in [-0.15, -0.1) is 0 Å². The van der Waals surface area contributed by atoms with Gasteiger partial charge >= 0.3 is 5.97 Å². The van der Waals surface area contributed by atoms with Crippen LogP contribution in [0.4, 0.5) is 0 Å². The molecule has 0 spiro atoms. The number of hydrogen-bond acceptors (Lipinski definition) is 3. The molecular weight excluding hydrogens is 244 g/mol. The second kappa shape index (κ2) is 4.76. The van der Waals surface area contributed by atoms with E-state index in [2.05, 4.69) is 0 Å². The van der Waals surface area contributed by atoms with Gasteiger partial charge in [0.25, 0.3) is 0 Å². The molecule has 4 nitrogen and oxygen atoms in total. The lowest BCUT2D eigenvalue weighted by atomic mass is 9.87. The van der Waals surface area contributed by atoms with Crippen molar-refractivity contribution in [2.75, 3.05) is 0 Å². The first kappa shape index (κ1) is 8.46. The summed E-state index contributed by atoms with van der Waals surface area (Å²) in [6, 6.07) is 1.48. The normalized spacial score (nSPS) is 26.9. The molecule has 0 saturated heterocycles. The van der Waals surface area contributed by atoms with Crippen molar-refractivity contribution >= 4 is 5.97 Å². The van der Waals surface area contributed by atoms with Crippen molar-refractivity contribution in [1.29, 1.82) is 0 Å². The molecule has 0 amide bonds. The second-order valence-electron chi connectivity index (χ2n) is 4.81. The topological polar surface area (TPSA) is 66.8 Å². The number of rotatable bonds is 3. The third kappa shape index (κ3) is 2.67. The maximum atomic E-state index is 11.0. The number of ether oxygens (including phenoxy) is 1. The smallest absolute Gasteiger partial charge is 0.303 e. The van der Waals surface area contributed by atoms with Crippen molar-refractivity contribution in [3.05, 3.63) is 22.8 Å². The lowest BCUT2D eigenvalue weighted by Crippen LogP contribution is -2.37. The summed E-state index contributed by atoms with van der Waals surface area (Å²) in [6.07, 6.45) is -3.61. The van der Waals surface area contributed by atoms with Crippen LogP contribution in [-0.4, -0.2) is 21.8 Å². The summed E-state index contributed by atoms with van der Waals surface area (Å²) in [7, 11) is 0. The highest BCUT2D eigenvalue weighted by Crippen LogP contribution is 2.41. The van der Waals surface area contributed by atoms with Crippen LogP contribution in [0.15, 0.2) is 6.07 Å². The van der Waals surface area contributed by atoms with Gasteiger partial charge in [-0.2, -0.15) is 0 Å². The Kier molecular flexibility index (Phi) is 2.12. The molecule has 1 aliphatic heterocycles. The van der Waals surface area contributed by atoms with E-state index in [1.165, 1.54) is 6.07 Å². The number of hydrogen-bond donors (Lipinski definition) is 2. The van der Waals surface area contributed by atoms with Crippen molar-refractivity contribution in [3.8, 4) is 11.5 Å². The Morgan fingerprint density at radius 1 is 1.58 bits per heavy atom. The molecule has 0 bridgehead atoms. The van der Waals surface area contributed by atoms with E-state index in [-0.39, 0.29) is 24.3 Å². The van der Waals surface area contributed by atoms with E-state index in [9.17, 15) is 9.90 Å². The van der Waals surface area contributed by atoms with E-state index in [4.69, 9.17) is 16.7 Å². The molecule has 1 aliphatic rings. The Morgan fingerprint density at radius 3 is 2.95 bits per heavy atom. The van der Waals surface area contributed by atoms with Gasteiger partial charge in [0.1, 0.15) is 17.1 Å². The molecule has 0 aromatic heterocycles. The Balaban J connectivity index is 2.62. The van der Waals surface area contributed by atoms with Gasteiger partial charge in [0, 0.05) is 13.3 Å². The SMILES string of the molecule is [2H]C([2H])([2H])C1(C([2H])([2H])CC(=O)O)CCc2cc(O)c(C)c(C)c2O1. The quantitative estimate of drug-likeness (QED) is 0.885. The van der Waals surface area contributed by atoms with Crippen LogP contribution in [0.3, 0.4) is 0 Å². The first-order valence-corrected chi connectivity index (χ1v) is 6.05. The number of aryl methyl sites for hydroxylation is 1. The van der Waals surface area contributed by atoms with Gasteiger partial charge in [-0.3, -0.25) is 4.79 Å². The molecule has 1 heterocycles. The van der Waals surface area contributed by atoms with Crippen LogP contribution in [0.5, 0.6) is 11.5 Å². The lowest BCUT2D eigenvalue weighted by Gasteiger charge is -2.37. The van der Waals surface area contributed by atoms with Crippen LogP contribution < -0.4 is 4.74 Å². The van der Waals surface area contributed by atoms with Crippen LogP contribution in [0.2, 0.25) is 0 Å². The number of carbonyl (C=O) groups is 1. The van der Waals surface area contributed by atoms with Gasteiger partial charge in [-0.1, -0.05) is 0 Å². The van der Waals surface area contributed by atoms with Gasteiger partial charge in [0.05, 0.1) is 0 Å². The number of carboxylic acids is 1. The van der Waals surface area contributed by atoms with Gasteiger partial charge in [0.2, 0.25) is 0 Å². The Hall–Kier alpha value is -1.71. The molecule has 2 rings (SSSR count). The summed E-state index contributed by atoms with van der Waals surface area (Å²) in [5.41, 5.74) is -0.653. The highest BCUT2D eigenvalue weighted by Gasteiger charge is 2.33. The summed E-state index contributed by atoms with van der Waals surface area (Å²) in [5, 5.41) is 18.9. The van der Waals surface area contributed by atoms with E-state index < -0.39 is 31.2 Å². The molecule has 2 N–H and O–H groups in total. The molecule has 4 heteroatoms. The van der Waals surface area contributed by atoms with Crippen LogP contribution in [0.1, 0.15) is 49.6 Å². The van der Waals surface area contributed by atoms with E-state index in [0.717, 1.165) is 0 Å². The largest absolute Gasteiger partial charge is 0.508 e. The van der Waals surface area contributed by atoms with Gasteiger partial charge in [0.15, 0.2) is 0 Å². The highest BCUT2D eigenvalue weighted by molar-refractivity contribution is 5.66. The van der Waals surface area contributed by atoms with E-state index in [0.29, 0.717) is 16.7 Å². The van der Waals surface area contributed by atoms with Crippen molar-refractivity contribution in [2.45, 2.75) is 51.9 Å². The van der Waals surface area contributed by atoms with Crippen molar-refractivity contribution in [2.24, 2.45) is 0 Å². The van der Waals surface area contributed by atoms with Crippen molar-refractivity contribution < 1.29 is 26.6 Å². The molecule has 0 saturated carbocycles.